The predicted octanol–water partition coefficient (Wildman–Crippen LogP) is 3.24. The van der Waals surface area contributed by atoms with Crippen molar-refractivity contribution in [3.05, 3.63) is 46.8 Å². The summed E-state index contributed by atoms with van der Waals surface area (Å²) in [5.41, 5.74) is 2.50. The number of halogens is 1. The van der Waals surface area contributed by atoms with Gasteiger partial charge in [-0.05, 0) is 49.7 Å². The van der Waals surface area contributed by atoms with Crippen molar-refractivity contribution < 1.29 is 18.8 Å². The van der Waals surface area contributed by atoms with Gasteiger partial charge in [0.1, 0.15) is 11.9 Å². The Morgan fingerprint density at radius 3 is 2.75 bits per heavy atom. The fraction of sp³-hybridized carbons (Fsp3) is 0.560. The van der Waals surface area contributed by atoms with Crippen molar-refractivity contribution in [2.24, 2.45) is 5.92 Å². The zero-order valence-corrected chi connectivity index (χ0v) is 18.7. The minimum absolute atomic E-state index is 0.0722. The molecule has 0 radical (unpaired) electrons. The van der Waals surface area contributed by atoms with Gasteiger partial charge in [-0.2, -0.15) is 0 Å². The summed E-state index contributed by atoms with van der Waals surface area (Å²) >= 11 is 0. The maximum atomic E-state index is 15.5. The zero-order valence-electron chi connectivity index (χ0n) is 18.7. The molecule has 2 heterocycles. The summed E-state index contributed by atoms with van der Waals surface area (Å²) in [6, 6.07) is 3.04. The summed E-state index contributed by atoms with van der Waals surface area (Å²) < 4.78 is 15.5. The second kappa shape index (κ2) is 9.53. The maximum absolute atomic E-state index is 15.5. The van der Waals surface area contributed by atoms with Crippen LogP contribution in [-0.4, -0.2) is 41.2 Å². The average Bonchev–Trinajstić information content (AvgIpc) is 3.11. The van der Waals surface area contributed by atoms with Crippen LogP contribution in [-0.2, 0) is 22.6 Å². The van der Waals surface area contributed by atoms with Gasteiger partial charge in [0.05, 0.1) is 6.54 Å². The highest BCUT2D eigenvalue weighted by atomic mass is 19.1. The fourth-order valence-corrected chi connectivity index (χ4v) is 5.21. The van der Waals surface area contributed by atoms with Gasteiger partial charge >= 0.3 is 0 Å². The van der Waals surface area contributed by atoms with E-state index in [9.17, 15) is 14.4 Å². The molecule has 32 heavy (non-hydrogen) atoms. The molecule has 3 amide bonds. The highest BCUT2D eigenvalue weighted by Crippen LogP contribution is 2.34. The van der Waals surface area contributed by atoms with Crippen LogP contribution in [0.5, 0.6) is 0 Å². The lowest BCUT2D eigenvalue weighted by atomic mass is 9.80. The smallest absolute Gasteiger partial charge is 0.255 e. The van der Waals surface area contributed by atoms with Gasteiger partial charge in [0.15, 0.2) is 0 Å². The molecule has 2 fully saturated rings. The molecular weight excluding hydrogens is 409 g/mol. The second-order valence-electron chi connectivity index (χ2n) is 9.30. The first-order valence-corrected chi connectivity index (χ1v) is 11.7. The monoisotopic (exact) mass is 441 g/mol. The number of rotatable bonds is 7. The van der Waals surface area contributed by atoms with E-state index in [1.165, 1.54) is 16.9 Å². The molecule has 3 atom stereocenters. The fourth-order valence-electron chi connectivity index (χ4n) is 5.21. The third-order valence-electron chi connectivity index (χ3n) is 7.23. The second-order valence-corrected chi connectivity index (χ2v) is 9.30. The molecule has 0 spiro atoms. The number of hydrogen-bond donors (Lipinski definition) is 2. The Balaban J connectivity index is 1.49. The molecule has 2 aliphatic heterocycles. The summed E-state index contributed by atoms with van der Waals surface area (Å²) in [4.78, 5) is 38.0. The number of imide groups is 1. The molecule has 1 unspecified atom stereocenters. The Morgan fingerprint density at radius 1 is 1.22 bits per heavy atom. The Hall–Kier alpha value is -2.54. The van der Waals surface area contributed by atoms with Crippen LogP contribution in [0, 0.1) is 11.7 Å². The maximum Gasteiger partial charge on any atom is 0.255 e. The Labute approximate surface area is 188 Å². The van der Waals surface area contributed by atoms with Gasteiger partial charge in [-0.25, -0.2) is 4.39 Å². The van der Waals surface area contributed by atoms with Crippen LogP contribution < -0.4 is 10.6 Å². The van der Waals surface area contributed by atoms with Gasteiger partial charge in [0.25, 0.3) is 5.91 Å². The first-order valence-electron chi connectivity index (χ1n) is 11.7. The number of benzene rings is 1. The predicted molar refractivity (Wildman–Crippen MR) is 119 cm³/mol. The van der Waals surface area contributed by atoms with E-state index in [1.54, 1.807) is 12.1 Å². The van der Waals surface area contributed by atoms with E-state index in [-0.39, 0.29) is 37.0 Å². The van der Waals surface area contributed by atoms with E-state index in [0.29, 0.717) is 35.1 Å². The van der Waals surface area contributed by atoms with Crippen LogP contribution in [0.15, 0.2) is 24.3 Å². The molecule has 3 aliphatic rings. The molecule has 7 heteroatoms. The Morgan fingerprint density at radius 2 is 2.00 bits per heavy atom. The van der Waals surface area contributed by atoms with Crippen molar-refractivity contribution in [1.82, 2.24) is 15.5 Å². The highest BCUT2D eigenvalue weighted by Gasteiger charge is 2.40. The number of amides is 3. The first kappa shape index (κ1) is 22.6. The number of nitrogens with zero attached hydrogens (tertiary/aromatic N) is 1. The molecule has 0 aromatic heterocycles. The minimum Gasteiger partial charge on any atom is -0.322 e. The molecule has 6 nitrogen and oxygen atoms in total. The summed E-state index contributed by atoms with van der Waals surface area (Å²) in [6.07, 6.45) is 6.48. The molecule has 4 rings (SSSR count). The topological polar surface area (TPSA) is 78.5 Å². The number of nitrogens with one attached hydrogen (secondary N) is 2. The van der Waals surface area contributed by atoms with Gasteiger partial charge in [0, 0.05) is 30.1 Å². The van der Waals surface area contributed by atoms with E-state index >= 15 is 4.39 Å². The van der Waals surface area contributed by atoms with Crippen molar-refractivity contribution in [2.75, 3.05) is 6.54 Å². The van der Waals surface area contributed by atoms with Crippen molar-refractivity contribution >= 4 is 17.7 Å². The normalized spacial score (nSPS) is 25.6. The largest absolute Gasteiger partial charge is 0.322 e. The van der Waals surface area contributed by atoms with Crippen LogP contribution in [0.25, 0.3) is 0 Å². The molecule has 1 aromatic carbocycles. The van der Waals surface area contributed by atoms with Gasteiger partial charge in [-0.1, -0.05) is 38.0 Å². The lowest BCUT2D eigenvalue weighted by molar-refractivity contribution is -0.136. The number of carbonyl (C=O) groups excluding carboxylic acids is 3. The molecule has 1 aliphatic carbocycles. The van der Waals surface area contributed by atoms with Gasteiger partial charge in [-0.15, -0.1) is 0 Å². The van der Waals surface area contributed by atoms with Crippen LogP contribution in [0.4, 0.5) is 4.39 Å². The highest BCUT2D eigenvalue weighted by molar-refractivity contribution is 6.05. The van der Waals surface area contributed by atoms with E-state index in [0.717, 1.165) is 32.2 Å². The minimum atomic E-state index is -0.728. The lowest BCUT2D eigenvalue weighted by Gasteiger charge is -2.33. The Bertz CT molecular complexity index is 945. The molecule has 0 bridgehead atoms. The average molecular weight is 442 g/mol. The van der Waals surface area contributed by atoms with E-state index < -0.39 is 11.9 Å². The van der Waals surface area contributed by atoms with Crippen molar-refractivity contribution in [3.8, 4) is 0 Å². The van der Waals surface area contributed by atoms with Crippen LogP contribution in [0.3, 0.4) is 0 Å². The van der Waals surface area contributed by atoms with E-state index in [2.05, 4.69) is 24.1 Å². The van der Waals surface area contributed by atoms with Crippen molar-refractivity contribution in [1.29, 1.82) is 0 Å². The third kappa shape index (κ3) is 4.49. The summed E-state index contributed by atoms with van der Waals surface area (Å²) in [7, 11) is 0. The molecule has 1 saturated heterocycles. The van der Waals surface area contributed by atoms with Gasteiger partial charge in [0.2, 0.25) is 11.8 Å². The van der Waals surface area contributed by atoms with E-state index in [1.807, 2.05) is 0 Å². The van der Waals surface area contributed by atoms with Crippen molar-refractivity contribution in [3.63, 3.8) is 0 Å². The van der Waals surface area contributed by atoms with Gasteiger partial charge in [-0.3, -0.25) is 19.7 Å². The Kier molecular flexibility index (Phi) is 6.74. The van der Waals surface area contributed by atoms with Crippen molar-refractivity contribution in [2.45, 2.75) is 76.9 Å². The molecule has 1 aromatic rings. The summed E-state index contributed by atoms with van der Waals surface area (Å²) in [5, 5.41) is 5.91. The first-order chi connectivity index (χ1) is 15.4. The van der Waals surface area contributed by atoms with E-state index in [4.69, 9.17) is 0 Å². The van der Waals surface area contributed by atoms with Crippen LogP contribution in [0.1, 0.15) is 73.4 Å². The number of carbonyl (C=O) groups is 3. The zero-order chi connectivity index (χ0) is 22.8. The lowest BCUT2D eigenvalue weighted by Crippen LogP contribution is -2.52. The number of hydrogen-bond acceptors (Lipinski definition) is 4. The van der Waals surface area contributed by atoms with Gasteiger partial charge < -0.3 is 10.2 Å². The SMILES string of the molecule is C=C(CC)CN[C@H]1CCCC[C@@H]1Cc1ccc2c(c1F)CN(C1CCC(=O)NC1=O)C2=O. The molecular formula is C25H32FN3O3. The quantitative estimate of drug-likeness (QED) is 0.503. The number of fused-ring (bicyclic) bond motifs is 1. The standard InChI is InChI=1S/C25H32FN3O3/c1-3-15(2)13-27-20-7-5-4-6-16(20)12-17-8-9-18-19(23(17)26)14-29(25(18)32)21-10-11-22(30)28-24(21)31/h8-9,16,20-21,27H,2-7,10-14H2,1H3,(H,28,30,31)/t16-,20+,21?/m1/s1. The van der Waals surface area contributed by atoms with Crippen LogP contribution in [0.2, 0.25) is 0 Å². The third-order valence-corrected chi connectivity index (χ3v) is 7.23. The number of piperidine rings is 1. The molecule has 172 valence electrons. The van der Waals surface area contributed by atoms with Crippen LogP contribution >= 0.6 is 0 Å². The summed E-state index contributed by atoms with van der Waals surface area (Å²) in [5.74, 6) is -1.14. The molecule has 2 N–H and O–H groups in total. The molecule has 1 saturated carbocycles. The summed E-state index contributed by atoms with van der Waals surface area (Å²) in [6.45, 7) is 7.04.